The number of rotatable bonds is 24. The normalized spacial score (nSPS) is 26.5. The summed E-state index contributed by atoms with van der Waals surface area (Å²) in [5, 5.41) is 42.9. The molecule has 2 aliphatic heterocycles. The Bertz CT molecular complexity index is 2460. The monoisotopic (exact) mass is 1250 g/mol. The number of hydrogen-bond acceptors (Lipinski definition) is 16. The fourth-order valence-corrected chi connectivity index (χ4v) is 10.5. The molecule has 0 aromatic rings. The molecule has 13 atom stereocenters. The zero-order valence-corrected chi connectivity index (χ0v) is 53.6. The number of carbonyl (C=O) groups excluding carboxylic acids is 13. The van der Waals surface area contributed by atoms with Crippen LogP contribution in [0.2, 0.25) is 0 Å². The predicted molar refractivity (Wildman–Crippen MR) is 324 cm³/mol. The summed E-state index contributed by atoms with van der Waals surface area (Å²) in [5.74, 6) is -13.4. The summed E-state index contributed by atoms with van der Waals surface area (Å²) < 4.78 is 5.45. The number of methoxy groups -OCH3 is 1. The van der Waals surface area contributed by atoms with E-state index in [1.165, 1.54) is 41.0 Å². The Labute approximate surface area is 517 Å². The van der Waals surface area contributed by atoms with Crippen molar-refractivity contribution < 1.29 is 77.3 Å². The van der Waals surface area contributed by atoms with Gasteiger partial charge in [-0.15, -0.1) is 0 Å². The molecule has 0 radical (unpaired) electrons. The van der Waals surface area contributed by atoms with E-state index in [0.717, 1.165) is 68.1 Å². The van der Waals surface area contributed by atoms with Crippen LogP contribution in [0.15, 0.2) is 11.8 Å². The highest BCUT2D eigenvalue weighted by Gasteiger charge is 2.45. The number of allylic oxidation sites excluding steroid dienone is 1. The molecule has 2 rings (SSSR count). The lowest BCUT2D eigenvalue weighted by Crippen LogP contribution is -2.63. The molecule has 0 aromatic heterocycles. The largest absolute Gasteiger partial charge is 0.391 e. The fraction of sp³-hybridized carbons (Fsp3) is 0.750. The number of nitrogens with zero attached hydrogens (tertiary/aromatic N) is 2. The van der Waals surface area contributed by atoms with Gasteiger partial charge >= 0.3 is 0 Å². The summed E-state index contributed by atoms with van der Waals surface area (Å²) in [4.78, 5) is 181. The van der Waals surface area contributed by atoms with E-state index in [2.05, 4.69) is 42.5 Å². The number of aliphatic hydroxyl groups is 2. The molecule has 0 spiro atoms. The number of carbonyl (C=O) groups is 13. The van der Waals surface area contributed by atoms with Crippen molar-refractivity contribution in [3.63, 3.8) is 0 Å². The molecule has 498 valence electrons. The molecule has 2 heterocycles. The first-order valence-electron chi connectivity index (χ1n) is 31.0. The van der Waals surface area contributed by atoms with Crippen LogP contribution in [0.25, 0.3) is 0 Å². The number of hydrogen-bond donors (Lipinski definition) is 12. The number of likely N-dealkylation sites (N-methyl/N-ethyl adjacent to an activating group) is 1. The van der Waals surface area contributed by atoms with E-state index < -0.39 is 181 Å². The van der Waals surface area contributed by atoms with Crippen molar-refractivity contribution in [2.45, 2.75) is 251 Å². The van der Waals surface area contributed by atoms with Gasteiger partial charge in [-0.2, -0.15) is 0 Å². The van der Waals surface area contributed by atoms with E-state index in [1.807, 2.05) is 6.92 Å². The first-order valence-corrected chi connectivity index (χ1v) is 31.0. The Morgan fingerprint density at radius 1 is 0.648 bits per heavy atom. The van der Waals surface area contributed by atoms with Crippen LogP contribution >= 0.6 is 0 Å². The quantitative estimate of drug-likeness (QED) is 0.0424. The topological polar surface area (TPSA) is 426 Å². The number of nitrogens with one attached hydrogen (secondary N) is 8. The maximum atomic E-state index is 14.8. The number of aliphatic hydroxyl groups excluding tert-OH is 2. The van der Waals surface area contributed by atoms with Crippen molar-refractivity contribution in [3.8, 4) is 0 Å². The standard InChI is InChI=1S/C60H102N12O16/c1-13-24-38(74)26-22-20-18-16-15-17-19-21-25-34(7)47-50(77)58(85)67-45(32(3)4)55(82)64-39(14-2)52(79)66-46(33(5)6)56(83)69-48(36(9)73)57(84)65-40(28-29-43(61)75)53(80)63-35(8)51(78)70-49(37(10)88-12)60(87)71(11)42(31-44(62)76)59(86)72-30-23-27-41(72)54(81)68-47/h14,32-37,40-42,45-50,73,77H,13,15-31H2,1-12H3,(H2,61,75)(H2,62,76)(H,63,80)(H,64,82)(H,65,84)(H,66,79)(H,67,85)(H,68,81)(H,69,83)(H,70,78). The molecule has 2 fully saturated rings. The lowest BCUT2D eigenvalue weighted by Gasteiger charge is -2.36. The van der Waals surface area contributed by atoms with Crippen molar-refractivity contribution in [2.24, 2.45) is 29.2 Å². The van der Waals surface area contributed by atoms with Crippen LogP contribution in [0.1, 0.15) is 178 Å². The number of ketones is 1. The fourth-order valence-electron chi connectivity index (χ4n) is 10.5. The molecule has 28 heteroatoms. The van der Waals surface area contributed by atoms with Crippen molar-refractivity contribution in [1.82, 2.24) is 52.3 Å². The highest BCUT2D eigenvalue weighted by molar-refractivity contribution is 6.03. The molecule has 14 N–H and O–H groups in total. The molecule has 12 amide bonds. The van der Waals surface area contributed by atoms with Crippen molar-refractivity contribution in [2.75, 3.05) is 20.7 Å². The number of nitrogens with two attached hydrogens (primary N) is 2. The predicted octanol–water partition coefficient (Wildman–Crippen LogP) is -0.613. The van der Waals surface area contributed by atoms with Gasteiger partial charge in [-0.25, -0.2) is 0 Å². The Morgan fingerprint density at radius 3 is 1.75 bits per heavy atom. The van der Waals surface area contributed by atoms with E-state index in [4.69, 9.17) is 16.2 Å². The van der Waals surface area contributed by atoms with Crippen molar-refractivity contribution in [1.29, 1.82) is 0 Å². The second-order valence-corrected chi connectivity index (χ2v) is 24.0. The van der Waals surface area contributed by atoms with Gasteiger partial charge in [-0.3, -0.25) is 62.3 Å². The van der Waals surface area contributed by atoms with Gasteiger partial charge < -0.3 is 78.8 Å². The van der Waals surface area contributed by atoms with E-state index in [9.17, 15) is 72.5 Å². The number of unbranched alkanes of at least 4 members (excludes halogenated alkanes) is 7. The molecule has 0 aromatic carbocycles. The van der Waals surface area contributed by atoms with Gasteiger partial charge in [-0.1, -0.05) is 92.6 Å². The average Bonchev–Trinajstić information content (AvgIpc) is 1.74. The Kier molecular flexibility index (Phi) is 33.6. The molecule has 2 aliphatic rings. The second-order valence-electron chi connectivity index (χ2n) is 24.0. The van der Waals surface area contributed by atoms with Crippen LogP contribution in [0.3, 0.4) is 0 Å². The van der Waals surface area contributed by atoms with Gasteiger partial charge in [0.1, 0.15) is 59.8 Å². The summed E-state index contributed by atoms with van der Waals surface area (Å²) in [6.45, 7) is 15.2. The minimum Gasteiger partial charge on any atom is -0.391 e. The molecule has 0 saturated carbocycles. The zero-order chi connectivity index (χ0) is 66.7. The smallest absolute Gasteiger partial charge is 0.268 e. The molecule has 28 nitrogen and oxygen atoms in total. The summed E-state index contributed by atoms with van der Waals surface area (Å²) >= 11 is 0. The Balaban J connectivity index is 2.76. The lowest BCUT2D eigenvalue weighted by molar-refractivity contribution is -0.151. The Morgan fingerprint density at radius 2 is 1.20 bits per heavy atom. The zero-order valence-electron chi connectivity index (χ0n) is 53.6. The SMILES string of the molecule is CC=C1NC(=O)C(C(C)C)NC(=O)C(O)C(C(C)CCCCCCCCCCC(=O)CCC)NC(=O)C2CCCN2C(=O)C(CC(N)=O)N(C)C(=O)C(C(C)OC)NC(=O)C(C)NC(=O)C(CCC(N)=O)NC(=O)C(C(C)O)NC(=O)C(C(C)C)NC1=O. The van der Waals surface area contributed by atoms with Crippen LogP contribution in [0.5, 0.6) is 0 Å². The molecular weight excluding hydrogens is 1140 g/mol. The molecular formula is C60H102N12O16. The molecule has 2 saturated heterocycles. The van der Waals surface area contributed by atoms with Gasteiger partial charge in [-0.05, 0) is 84.0 Å². The summed E-state index contributed by atoms with van der Waals surface area (Å²) in [5.41, 5.74) is 10.7. The second kappa shape index (κ2) is 38.4. The van der Waals surface area contributed by atoms with Gasteiger partial charge in [0.05, 0.1) is 24.7 Å². The van der Waals surface area contributed by atoms with Crippen LogP contribution < -0.4 is 54.0 Å². The number of amides is 12. The maximum Gasteiger partial charge on any atom is 0.268 e. The first kappa shape index (κ1) is 77.0. The summed E-state index contributed by atoms with van der Waals surface area (Å²) in [6.07, 6.45) is 4.55. The summed E-state index contributed by atoms with van der Waals surface area (Å²) in [6, 6.07) is -13.7. The highest BCUT2D eigenvalue weighted by Crippen LogP contribution is 2.25. The molecule has 0 aliphatic carbocycles. The van der Waals surface area contributed by atoms with Gasteiger partial charge in [0.25, 0.3) is 11.8 Å². The van der Waals surface area contributed by atoms with E-state index in [0.29, 0.717) is 25.7 Å². The maximum absolute atomic E-state index is 14.8. The third-order valence-electron chi connectivity index (χ3n) is 16.1. The van der Waals surface area contributed by atoms with Crippen LogP contribution in [-0.2, 0) is 67.1 Å². The van der Waals surface area contributed by atoms with Crippen LogP contribution in [0.4, 0.5) is 0 Å². The molecule has 88 heavy (non-hydrogen) atoms. The van der Waals surface area contributed by atoms with Crippen molar-refractivity contribution in [3.05, 3.63) is 11.8 Å². The minimum absolute atomic E-state index is 0.0385. The third kappa shape index (κ3) is 24.5. The van der Waals surface area contributed by atoms with Gasteiger partial charge in [0.15, 0.2) is 6.10 Å². The van der Waals surface area contributed by atoms with Crippen molar-refractivity contribution >= 4 is 76.7 Å². The minimum atomic E-state index is -2.01. The number of fused-ring (bicyclic) bond motifs is 1. The van der Waals surface area contributed by atoms with Gasteiger partial charge in [0.2, 0.25) is 59.1 Å². The first-order chi connectivity index (χ1) is 41.3. The summed E-state index contributed by atoms with van der Waals surface area (Å²) in [7, 11) is 2.41. The van der Waals surface area contributed by atoms with E-state index in [-0.39, 0.29) is 30.9 Å². The highest BCUT2D eigenvalue weighted by atomic mass is 16.5. The third-order valence-corrected chi connectivity index (χ3v) is 16.1. The molecule has 13 unspecified atom stereocenters. The number of Topliss-reactive ketones (excluding diaryl/α,β-unsaturated/α-hetero) is 1. The molecule has 0 bridgehead atoms. The van der Waals surface area contributed by atoms with Crippen LogP contribution in [0, 0.1) is 17.8 Å². The van der Waals surface area contributed by atoms with Crippen LogP contribution in [-0.4, -0.2) is 190 Å². The Hall–Kier alpha value is -7.07. The van der Waals surface area contributed by atoms with Gasteiger partial charge in [0, 0.05) is 40.0 Å². The van der Waals surface area contributed by atoms with E-state index in [1.54, 1.807) is 34.6 Å². The lowest BCUT2D eigenvalue weighted by atomic mass is 9.90. The average molecular weight is 1250 g/mol. The van der Waals surface area contributed by atoms with E-state index >= 15 is 0 Å². The number of primary amides is 2. The number of ether oxygens (including phenoxy) is 1.